The van der Waals surface area contributed by atoms with E-state index in [1.165, 1.54) is 16.7 Å². The van der Waals surface area contributed by atoms with Crippen LogP contribution in [0.1, 0.15) is 16.7 Å². The number of amidine groups is 1. The summed E-state index contributed by atoms with van der Waals surface area (Å²) in [5, 5.41) is 17.4. The summed E-state index contributed by atoms with van der Waals surface area (Å²) in [4.78, 5) is 37.4. The molecule has 4 rings (SSSR count). The third-order valence-electron chi connectivity index (χ3n) is 5.95. The number of amides is 2. The van der Waals surface area contributed by atoms with Crippen molar-refractivity contribution >= 4 is 51.1 Å². The maximum absolute atomic E-state index is 13.5. The molecule has 234 valence electrons. The van der Waals surface area contributed by atoms with Gasteiger partial charge >= 0.3 is 12.1 Å². The van der Waals surface area contributed by atoms with Crippen molar-refractivity contribution in [2.24, 2.45) is 5.73 Å². The van der Waals surface area contributed by atoms with Gasteiger partial charge in [-0.25, -0.2) is 17.9 Å². The van der Waals surface area contributed by atoms with E-state index in [2.05, 4.69) is 10.0 Å². The monoisotopic (exact) mass is 651 g/mol. The lowest BCUT2D eigenvalue weighted by Crippen LogP contribution is -2.51. The van der Waals surface area contributed by atoms with Crippen LogP contribution in [0, 0.1) is 5.41 Å². The van der Waals surface area contributed by atoms with Crippen molar-refractivity contribution in [1.82, 2.24) is 10.0 Å². The summed E-state index contributed by atoms with van der Waals surface area (Å²) in [5.74, 6) is -3.73. The van der Waals surface area contributed by atoms with Crippen molar-refractivity contribution in [2.75, 3.05) is 17.2 Å². The fourth-order valence-corrected chi connectivity index (χ4v) is 6.37. The molecule has 0 spiro atoms. The van der Waals surface area contributed by atoms with Gasteiger partial charge in [0.1, 0.15) is 18.4 Å². The number of thioether (sulfide) groups is 1. The number of nitrogen functional groups attached to an aromatic ring is 1. The predicted octanol–water partition coefficient (Wildman–Crippen LogP) is 2.85. The summed E-state index contributed by atoms with van der Waals surface area (Å²) in [7, 11) is -3.81. The molecule has 6 N–H and O–H groups in total. The summed E-state index contributed by atoms with van der Waals surface area (Å²) in [6, 6.07) is 21.8. The van der Waals surface area contributed by atoms with Crippen LogP contribution in [0.2, 0.25) is 0 Å². The Hall–Kier alpha value is -4.41. The second-order valence-electron chi connectivity index (χ2n) is 9.31. The molecule has 1 heterocycles. The number of nitrogens with zero attached hydrogens (tertiary/aromatic N) is 1. The number of aliphatic carboxylic acids is 1. The second-order valence-corrected chi connectivity index (χ2v) is 12.1. The number of hydrogen-bond acceptors (Lipinski definition) is 7. The van der Waals surface area contributed by atoms with E-state index in [9.17, 15) is 31.2 Å². The molecule has 0 saturated carbocycles. The van der Waals surface area contributed by atoms with Gasteiger partial charge in [-0.15, -0.1) is 11.8 Å². The maximum Gasteiger partial charge on any atom is 0.490 e. The molecule has 0 unspecified atom stereocenters. The van der Waals surface area contributed by atoms with Crippen LogP contribution in [0.15, 0.2) is 83.8 Å². The summed E-state index contributed by atoms with van der Waals surface area (Å²) < 4.78 is 60.0. The number of halogens is 3. The van der Waals surface area contributed by atoms with E-state index >= 15 is 0 Å². The molecule has 1 aliphatic heterocycles. The van der Waals surface area contributed by atoms with Crippen molar-refractivity contribution in [3.8, 4) is 0 Å². The number of carbonyl (C=O) groups is 3. The zero-order chi connectivity index (χ0) is 32.5. The predicted molar refractivity (Wildman–Crippen MR) is 159 cm³/mol. The molecular weight excluding hydrogens is 623 g/mol. The van der Waals surface area contributed by atoms with Crippen LogP contribution in [-0.4, -0.2) is 61.7 Å². The van der Waals surface area contributed by atoms with Gasteiger partial charge in [0, 0.05) is 22.8 Å². The van der Waals surface area contributed by atoms with Crippen LogP contribution in [-0.2, 0) is 36.7 Å². The van der Waals surface area contributed by atoms with Crippen molar-refractivity contribution < 1.29 is 41.1 Å². The van der Waals surface area contributed by atoms with E-state index in [-0.39, 0.29) is 30.4 Å². The number of fused-ring (bicyclic) bond motifs is 1. The molecule has 0 radical (unpaired) electrons. The van der Waals surface area contributed by atoms with E-state index in [0.717, 1.165) is 10.5 Å². The van der Waals surface area contributed by atoms with Gasteiger partial charge in [0.05, 0.1) is 11.4 Å². The van der Waals surface area contributed by atoms with Gasteiger partial charge in [-0.2, -0.15) is 13.2 Å². The van der Waals surface area contributed by atoms with Crippen molar-refractivity contribution in [1.29, 1.82) is 5.41 Å². The Morgan fingerprint density at radius 2 is 1.59 bits per heavy atom. The summed E-state index contributed by atoms with van der Waals surface area (Å²) in [6.07, 6.45) is -5.08. The fourth-order valence-electron chi connectivity index (χ4n) is 3.86. The van der Waals surface area contributed by atoms with Crippen molar-refractivity contribution in [3.05, 3.63) is 95.6 Å². The van der Waals surface area contributed by atoms with E-state index < -0.39 is 40.0 Å². The van der Waals surface area contributed by atoms with Crippen molar-refractivity contribution in [2.45, 2.75) is 29.4 Å². The Morgan fingerprint density at radius 1 is 1.00 bits per heavy atom. The molecule has 3 aromatic carbocycles. The average molecular weight is 652 g/mol. The Morgan fingerprint density at radius 3 is 2.18 bits per heavy atom. The summed E-state index contributed by atoms with van der Waals surface area (Å²) in [6.45, 7) is -0.0403. The number of sulfonamides is 1. The lowest BCUT2D eigenvalue weighted by Gasteiger charge is -2.25. The largest absolute Gasteiger partial charge is 0.490 e. The van der Waals surface area contributed by atoms with Crippen LogP contribution < -0.4 is 20.7 Å². The lowest BCUT2D eigenvalue weighted by molar-refractivity contribution is -0.192. The number of anilines is 1. The molecule has 0 bridgehead atoms. The Kier molecular flexibility index (Phi) is 11.5. The number of para-hydroxylation sites is 1. The highest BCUT2D eigenvalue weighted by Crippen LogP contribution is 2.34. The molecule has 0 fully saturated rings. The second kappa shape index (κ2) is 14.9. The molecule has 1 atom stereocenters. The Bertz CT molecular complexity index is 1600. The van der Waals surface area contributed by atoms with E-state index in [0.29, 0.717) is 16.8 Å². The summed E-state index contributed by atoms with van der Waals surface area (Å²) in [5.41, 5.74) is 8.04. The molecular formula is C28H28F3N5O6S2. The minimum atomic E-state index is -5.08. The lowest BCUT2D eigenvalue weighted by atomic mass is 10.1. The number of benzene rings is 3. The van der Waals surface area contributed by atoms with Gasteiger partial charge < -0.3 is 21.1 Å². The van der Waals surface area contributed by atoms with Crippen LogP contribution >= 0.6 is 11.8 Å². The highest BCUT2D eigenvalue weighted by molar-refractivity contribution is 7.99. The van der Waals surface area contributed by atoms with Gasteiger partial charge in [-0.1, -0.05) is 66.7 Å². The van der Waals surface area contributed by atoms with E-state index in [4.69, 9.17) is 21.0 Å². The number of hydrogen-bond donors (Lipinski definition) is 5. The average Bonchev–Trinajstić information content (AvgIpc) is 3.08. The van der Waals surface area contributed by atoms with Crippen LogP contribution in [0.4, 0.5) is 18.9 Å². The van der Waals surface area contributed by atoms with Crippen LogP contribution in [0.5, 0.6) is 0 Å². The number of alkyl halides is 3. The number of carboxylic acids is 1. The zero-order valence-corrected chi connectivity index (χ0v) is 24.5. The summed E-state index contributed by atoms with van der Waals surface area (Å²) >= 11 is 1.36. The molecule has 0 aliphatic carbocycles. The maximum atomic E-state index is 13.5. The molecule has 1 aliphatic rings. The first-order valence-corrected chi connectivity index (χ1v) is 15.4. The van der Waals surface area contributed by atoms with E-state index in [1.807, 2.05) is 12.1 Å². The first-order chi connectivity index (χ1) is 20.7. The minimum Gasteiger partial charge on any atom is -0.475 e. The molecule has 0 aromatic heterocycles. The third-order valence-corrected chi connectivity index (χ3v) is 8.46. The molecule has 11 nitrogen and oxygen atoms in total. The number of carbonyl (C=O) groups excluding carboxylic acids is 2. The first kappa shape index (κ1) is 34.1. The topological polar surface area (TPSA) is 183 Å². The normalized spacial score (nSPS) is 14.8. The third kappa shape index (κ3) is 10.1. The molecule has 44 heavy (non-hydrogen) atoms. The minimum absolute atomic E-state index is 0.0410. The molecule has 16 heteroatoms. The van der Waals surface area contributed by atoms with Gasteiger partial charge in [-0.05, 0) is 23.3 Å². The van der Waals surface area contributed by atoms with Gasteiger partial charge in [0.15, 0.2) is 0 Å². The quantitative estimate of drug-likeness (QED) is 0.173. The fraction of sp³-hybridized carbons (Fsp3) is 0.214. The molecule has 0 saturated heterocycles. The highest BCUT2D eigenvalue weighted by atomic mass is 32.2. The van der Waals surface area contributed by atoms with E-state index in [1.54, 1.807) is 66.7 Å². The Balaban J connectivity index is 0.000000676. The van der Waals surface area contributed by atoms with Gasteiger partial charge in [-0.3, -0.25) is 15.0 Å². The van der Waals surface area contributed by atoms with Crippen LogP contribution in [0.25, 0.3) is 0 Å². The SMILES string of the molecule is N=C(N)c1ccc(CNC(=O)CN2C(=O)[C@@H](NS(=O)(=O)Cc3ccccc3)CSc3ccccc32)cc1.O=C(O)C(F)(F)F. The number of nitrogens with one attached hydrogen (secondary N) is 3. The standard InChI is InChI=1S/C26H27N5O4S2.C2HF3O2/c27-25(28)20-12-10-18(11-13-20)14-29-24(32)15-31-22-8-4-5-9-23(22)36-16-21(26(31)33)30-37(34,35)17-19-6-2-1-3-7-19;3-2(4,5)1(6)7/h1-13,21,30H,14-17H2,(H3,27,28)(H,29,32);(H,6,7)/t21-;/m0./s1. The van der Waals surface area contributed by atoms with Crippen LogP contribution in [0.3, 0.4) is 0 Å². The number of nitrogens with two attached hydrogens (primary N) is 1. The zero-order valence-electron chi connectivity index (χ0n) is 22.9. The van der Waals surface area contributed by atoms with Gasteiger partial charge in [0.25, 0.3) is 0 Å². The van der Waals surface area contributed by atoms with Gasteiger partial charge in [0.2, 0.25) is 21.8 Å². The number of rotatable bonds is 9. The molecule has 2 amide bonds. The van der Waals surface area contributed by atoms with Crippen molar-refractivity contribution in [3.63, 3.8) is 0 Å². The Labute approximate surface area is 255 Å². The molecule has 3 aromatic rings. The number of carboxylic acid groups (broad SMARTS) is 1. The highest BCUT2D eigenvalue weighted by Gasteiger charge is 2.38. The first-order valence-electron chi connectivity index (χ1n) is 12.7. The smallest absolute Gasteiger partial charge is 0.475 e.